The number of pyridine rings is 1. The number of hydrogen-bond acceptors (Lipinski definition) is 4. The Morgan fingerprint density at radius 3 is 2.31 bits per heavy atom. The minimum Gasteiger partial charge on any atom is -0.356 e. The van der Waals surface area contributed by atoms with E-state index in [2.05, 4.69) is 10.3 Å². The van der Waals surface area contributed by atoms with Crippen LogP contribution in [-0.2, 0) is 11.0 Å². The van der Waals surface area contributed by atoms with Crippen LogP contribution in [0.1, 0.15) is 41.6 Å². The highest BCUT2D eigenvalue weighted by Crippen LogP contribution is 2.30. The van der Waals surface area contributed by atoms with E-state index in [-0.39, 0.29) is 17.9 Å². The molecule has 1 unspecified atom stereocenters. The molecule has 1 N–H and O–H groups in total. The molecule has 4 rings (SSSR count). The molecule has 2 aliphatic heterocycles. The van der Waals surface area contributed by atoms with Gasteiger partial charge >= 0.3 is 6.18 Å². The van der Waals surface area contributed by atoms with E-state index in [4.69, 9.17) is 0 Å². The van der Waals surface area contributed by atoms with Gasteiger partial charge in [-0.2, -0.15) is 13.2 Å². The van der Waals surface area contributed by atoms with Gasteiger partial charge in [-0.3, -0.25) is 9.59 Å². The molecule has 1 atom stereocenters. The Morgan fingerprint density at radius 2 is 1.69 bits per heavy atom. The monoisotopic (exact) mass is 446 g/mol. The standard InChI is InChI=1S/C23H25F3N4O2/c24-23(25,26)17-8-9-20(27-15-17)29-13-10-18(11-14-29)28-21(31)19-7-4-12-30(19)22(32)16-5-2-1-3-6-16/h1-3,5-6,8-9,15,18-19H,4,7,10-14H2,(H,28,31). The van der Waals surface area contributed by atoms with Crippen LogP contribution >= 0.6 is 0 Å². The van der Waals surface area contributed by atoms with E-state index in [1.807, 2.05) is 11.0 Å². The van der Waals surface area contributed by atoms with Crippen molar-refractivity contribution >= 4 is 17.6 Å². The molecule has 0 bridgehead atoms. The first-order valence-corrected chi connectivity index (χ1v) is 10.8. The highest BCUT2D eigenvalue weighted by Gasteiger charge is 2.36. The molecule has 32 heavy (non-hydrogen) atoms. The first-order valence-electron chi connectivity index (χ1n) is 10.8. The van der Waals surface area contributed by atoms with Crippen molar-refractivity contribution in [1.82, 2.24) is 15.2 Å². The number of amides is 2. The van der Waals surface area contributed by atoms with Gasteiger partial charge in [0, 0.05) is 37.4 Å². The number of hydrogen-bond donors (Lipinski definition) is 1. The quantitative estimate of drug-likeness (QED) is 0.781. The molecule has 9 heteroatoms. The fourth-order valence-electron chi connectivity index (χ4n) is 4.32. The van der Waals surface area contributed by atoms with E-state index in [0.29, 0.717) is 50.3 Å². The van der Waals surface area contributed by atoms with Crippen LogP contribution in [0, 0.1) is 0 Å². The summed E-state index contributed by atoms with van der Waals surface area (Å²) in [6.45, 7) is 1.73. The van der Waals surface area contributed by atoms with Gasteiger partial charge in [0.2, 0.25) is 5.91 Å². The zero-order chi connectivity index (χ0) is 22.7. The third-order valence-corrected chi connectivity index (χ3v) is 6.08. The summed E-state index contributed by atoms with van der Waals surface area (Å²) >= 11 is 0. The topological polar surface area (TPSA) is 65.5 Å². The van der Waals surface area contributed by atoms with Crippen LogP contribution in [0.4, 0.5) is 19.0 Å². The minimum atomic E-state index is -4.40. The zero-order valence-electron chi connectivity index (χ0n) is 17.5. The van der Waals surface area contributed by atoms with Crippen LogP contribution in [0.15, 0.2) is 48.7 Å². The maximum Gasteiger partial charge on any atom is 0.417 e. The molecule has 1 aromatic carbocycles. The number of nitrogens with one attached hydrogen (secondary N) is 1. The number of aromatic nitrogens is 1. The molecule has 1 aromatic heterocycles. The average Bonchev–Trinajstić information content (AvgIpc) is 3.29. The van der Waals surface area contributed by atoms with Crippen molar-refractivity contribution in [1.29, 1.82) is 0 Å². The number of benzene rings is 1. The number of nitrogens with zero attached hydrogens (tertiary/aromatic N) is 3. The Labute approximate surface area is 184 Å². The second kappa shape index (κ2) is 9.18. The summed E-state index contributed by atoms with van der Waals surface area (Å²) in [6, 6.07) is 10.9. The fraction of sp³-hybridized carbons (Fsp3) is 0.435. The maximum atomic E-state index is 12.9. The maximum absolute atomic E-state index is 12.9. The summed E-state index contributed by atoms with van der Waals surface area (Å²) in [4.78, 5) is 33.2. The largest absolute Gasteiger partial charge is 0.417 e. The smallest absolute Gasteiger partial charge is 0.356 e. The molecule has 2 aliphatic rings. The van der Waals surface area contributed by atoms with Gasteiger partial charge in [0.15, 0.2) is 0 Å². The third kappa shape index (κ3) is 4.87. The van der Waals surface area contributed by atoms with E-state index in [1.54, 1.807) is 29.2 Å². The molecule has 0 radical (unpaired) electrons. The highest BCUT2D eigenvalue weighted by atomic mass is 19.4. The third-order valence-electron chi connectivity index (χ3n) is 6.08. The van der Waals surface area contributed by atoms with Crippen molar-refractivity contribution in [3.63, 3.8) is 0 Å². The Hall–Kier alpha value is -3.10. The number of likely N-dealkylation sites (tertiary alicyclic amines) is 1. The Bertz CT molecular complexity index is 942. The van der Waals surface area contributed by atoms with Crippen molar-refractivity contribution in [3.05, 3.63) is 59.8 Å². The van der Waals surface area contributed by atoms with Gasteiger partial charge < -0.3 is 15.1 Å². The van der Waals surface area contributed by atoms with Crippen molar-refractivity contribution in [2.75, 3.05) is 24.5 Å². The summed E-state index contributed by atoms with van der Waals surface area (Å²) in [5.74, 6) is 0.225. The molecule has 0 saturated carbocycles. The number of carbonyl (C=O) groups is 2. The summed E-state index contributed by atoms with van der Waals surface area (Å²) in [6.07, 6.45) is -0.810. The van der Waals surface area contributed by atoms with Crippen molar-refractivity contribution in [2.24, 2.45) is 0 Å². The fourth-order valence-corrected chi connectivity index (χ4v) is 4.32. The second-order valence-corrected chi connectivity index (χ2v) is 8.20. The van der Waals surface area contributed by atoms with Crippen LogP contribution in [0.25, 0.3) is 0 Å². The molecule has 0 spiro atoms. The van der Waals surface area contributed by atoms with Crippen molar-refractivity contribution < 1.29 is 22.8 Å². The molecule has 2 amide bonds. The summed E-state index contributed by atoms with van der Waals surface area (Å²) in [5, 5.41) is 3.07. The van der Waals surface area contributed by atoms with Gasteiger partial charge in [0.1, 0.15) is 11.9 Å². The average molecular weight is 446 g/mol. The number of anilines is 1. The predicted molar refractivity (Wildman–Crippen MR) is 113 cm³/mol. The first kappa shape index (κ1) is 22.1. The predicted octanol–water partition coefficient (Wildman–Crippen LogP) is 3.49. The lowest BCUT2D eigenvalue weighted by atomic mass is 10.0. The van der Waals surface area contributed by atoms with Gasteiger partial charge in [-0.15, -0.1) is 0 Å². The normalized spacial score (nSPS) is 19.8. The Balaban J connectivity index is 1.31. The van der Waals surface area contributed by atoms with Gasteiger partial charge in [-0.25, -0.2) is 4.98 Å². The molecule has 2 saturated heterocycles. The van der Waals surface area contributed by atoms with E-state index in [0.717, 1.165) is 18.7 Å². The second-order valence-electron chi connectivity index (χ2n) is 8.20. The molecule has 170 valence electrons. The molecule has 2 fully saturated rings. The molecular weight excluding hydrogens is 421 g/mol. The lowest BCUT2D eigenvalue weighted by molar-refractivity contribution is -0.137. The Morgan fingerprint density at radius 1 is 0.969 bits per heavy atom. The van der Waals surface area contributed by atoms with E-state index in [9.17, 15) is 22.8 Å². The zero-order valence-corrected chi connectivity index (χ0v) is 17.5. The van der Waals surface area contributed by atoms with Crippen LogP contribution in [0.2, 0.25) is 0 Å². The van der Waals surface area contributed by atoms with Gasteiger partial charge in [-0.05, 0) is 49.9 Å². The minimum absolute atomic E-state index is 0.0394. The van der Waals surface area contributed by atoms with Gasteiger partial charge in [0.25, 0.3) is 5.91 Å². The number of carbonyl (C=O) groups excluding carboxylic acids is 2. The van der Waals surface area contributed by atoms with Gasteiger partial charge in [-0.1, -0.05) is 18.2 Å². The van der Waals surface area contributed by atoms with Crippen molar-refractivity contribution in [3.8, 4) is 0 Å². The number of alkyl halides is 3. The Kier molecular flexibility index (Phi) is 6.34. The summed E-state index contributed by atoms with van der Waals surface area (Å²) in [5.41, 5.74) is -0.195. The molecule has 3 heterocycles. The number of halogens is 3. The number of rotatable bonds is 4. The number of piperidine rings is 1. The highest BCUT2D eigenvalue weighted by molar-refractivity contribution is 5.98. The van der Waals surface area contributed by atoms with Gasteiger partial charge in [0.05, 0.1) is 5.56 Å². The molecule has 0 aliphatic carbocycles. The van der Waals surface area contributed by atoms with Crippen LogP contribution in [-0.4, -0.2) is 53.4 Å². The van der Waals surface area contributed by atoms with E-state index >= 15 is 0 Å². The lowest BCUT2D eigenvalue weighted by Crippen LogP contribution is -2.51. The van der Waals surface area contributed by atoms with E-state index in [1.165, 1.54) is 6.07 Å². The summed E-state index contributed by atoms with van der Waals surface area (Å²) < 4.78 is 38.2. The van der Waals surface area contributed by atoms with Crippen LogP contribution in [0.5, 0.6) is 0 Å². The van der Waals surface area contributed by atoms with E-state index < -0.39 is 17.8 Å². The summed E-state index contributed by atoms with van der Waals surface area (Å²) in [7, 11) is 0. The van der Waals surface area contributed by atoms with Crippen LogP contribution in [0.3, 0.4) is 0 Å². The lowest BCUT2D eigenvalue weighted by Gasteiger charge is -2.34. The van der Waals surface area contributed by atoms with Crippen LogP contribution < -0.4 is 10.2 Å². The SMILES string of the molecule is O=C(NC1CCN(c2ccc(C(F)(F)F)cn2)CC1)C1CCCN1C(=O)c1ccccc1. The first-order chi connectivity index (χ1) is 15.3. The molecule has 6 nitrogen and oxygen atoms in total. The molecular formula is C23H25F3N4O2. The van der Waals surface area contributed by atoms with Crippen molar-refractivity contribution in [2.45, 2.75) is 43.9 Å². The molecule has 2 aromatic rings.